The lowest BCUT2D eigenvalue weighted by atomic mass is 9.85. The number of aromatic nitrogens is 2. The van der Waals surface area contributed by atoms with Crippen molar-refractivity contribution >= 4 is 35.1 Å². The highest BCUT2D eigenvalue weighted by Gasteiger charge is 2.24. The van der Waals surface area contributed by atoms with Crippen LogP contribution in [0.4, 0.5) is 5.82 Å². The largest absolute Gasteiger partial charge is 0.383 e. The quantitative estimate of drug-likeness (QED) is 0.145. The Bertz CT molecular complexity index is 1600. The molecule has 5 N–H and O–H groups in total. The fourth-order valence-corrected chi connectivity index (χ4v) is 5.98. The van der Waals surface area contributed by atoms with E-state index >= 15 is 0 Å². The summed E-state index contributed by atoms with van der Waals surface area (Å²) in [6.07, 6.45) is 9.71. The van der Waals surface area contributed by atoms with Crippen LogP contribution >= 0.6 is 11.6 Å². The van der Waals surface area contributed by atoms with Gasteiger partial charge in [0.05, 0.1) is 11.9 Å². The smallest absolute Gasteiger partial charge is 0.256 e. The molecule has 1 heterocycles. The summed E-state index contributed by atoms with van der Waals surface area (Å²) in [5, 5.41) is 13.8. The SMILES string of the molecule is Nc1c(C(=O)NCc2ccc(C(=O)N[C@@H](CCC3CCCCC3)C(=O)NCCc3ccc(Cl)cc3)cc2)cnn1-c1ccccc1. The number of hydrogen-bond acceptors (Lipinski definition) is 5. The van der Waals surface area contributed by atoms with Crippen LogP contribution in [-0.2, 0) is 17.8 Å². The third kappa shape index (κ3) is 8.97. The van der Waals surface area contributed by atoms with Gasteiger partial charge in [0.1, 0.15) is 17.4 Å². The Hall–Kier alpha value is -4.63. The van der Waals surface area contributed by atoms with Crippen LogP contribution in [0.1, 0.15) is 76.8 Å². The van der Waals surface area contributed by atoms with E-state index in [2.05, 4.69) is 21.0 Å². The number of nitrogens with zero attached hydrogens (tertiary/aromatic N) is 2. The number of carbonyl (C=O) groups excluding carboxylic acids is 3. The van der Waals surface area contributed by atoms with Crippen LogP contribution in [0.25, 0.3) is 5.69 Å². The first-order valence-corrected chi connectivity index (χ1v) is 16.3. The molecule has 3 aromatic carbocycles. The van der Waals surface area contributed by atoms with Gasteiger partial charge in [0.15, 0.2) is 0 Å². The highest BCUT2D eigenvalue weighted by atomic mass is 35.5. The van der Waals surface area contributed by atoms with Crippen LogP contribution in [0, 0.1) is 5.92 Å². The number of anilines is 1. The zero-order valence-corrected chi connectivity index (χ0v) is 26.6. The minimum Gasteiger partial charge on any atom is -0.383 e. The van der Waals surface area contributed by atoms with Crippen molar-refractivity contribution in [2.24, 2.45) is 5.92 Å². The number of halogens is 1. The maximum absolute atomic E-state index is 13.3. The minimum atomic E-state index is -0.624. The zero-order valence-electron chi connectivity index (χ0n) is 25.9. The molecule has 3 amide bonds. The molecule has 1 aliphatic rings. The van der Waals surface area contributed by atoms with Gasteiger partial charge in [0.25, 0.3) is 11.8 Å². The molecule has 1 aromatic heterocycles. The number of carbonyl (C=O) groups is 3. The van der Waals surface area contributed by atoms with Gasteiger partial charge in [0, 0.05) is 23.7 Å². The first kappa shape index (κ1) is 32.8. The molecule has 240 valence electrons. The van der Waals surface area contributed by atoms with Crippen molar-refractivity contribution in [1.29, 1.82) is 0 Å². The number of para-hydroxylation sites is 1. The van der Waals surface area contributed by atoms with Gasteiger partial charge in [-0.3, -0.25) is 14.4 Å². The summed E-state index contributed by atoms with van der Waals surface area (Å²) in [6.45, 7) is 0.714. The van der Waals surface area contributed by atoms with Crippen molar-refractivity contribution in [3.63, 3.8) is 0 Å². The van der Waals surface area contributed by atoms with E-state index in [0.29, 0.717) is 35.9 Å². The second kappa shape index (κ2) is 16.1. The van der Waals surface area contributed by atoms with Crippen LogP contribution in [0.15, 0.2) is 85.1 Å². The first-order chi connectivity index (χ1) is 22.4. The van der Waals surface area contributed by atoms with Crippen molar-refractivity contribution in [2.75, 3.05) is 12.3 Å². The van der Waals surface area contributed by atoms with Crippen LogP contribution in [0.3, 0.4) is 0 Å². The number of nitrogens with one attached hydrogen (secondary N) is 3. The van der Waals surface area contributed by atoms with E-state index in [1.54, 1.807) is 24.3 Å². The monoisotopic (exact) mass is 640 g/mol. The van der Waals surface area contributed by atoms with E-state index in [9.17, 15) is 14.4 Å². The predicted molar refractivity (Wildman–Crippen MR) is 181 cm³/mol. The van der Waals surface area contributed by atoms with Crippen molar-refractivity contribution in [3.05, 3.63) is 112 Å². The molecule has 4 aromatic rings. The van der Waals surface area contributed by atoms with E-state index in [0.717, 1.165) is 23.2 Å². The number of nitrogens with two attached hydrogens (primary N) is 1. The van der Waals surface area contributed by atoms with E-state index < -0.39 is 6.04 Å². The van der Waals surface area contributed by atoms with Crippen LogP contribution in [0.2, 0.25) is 5.02 Å². The lowest BCUT2D eigenvalue weighted by Crippen LogP contribution is -2.47. The highest BCUT2D eigenvalue weighted by Crippen LogP contribution is 2.28. The standard InChI is InChI=1S/C36H41ClN6O3/c37-29-18-13-26(14-19-29)21-22-39-36(46)32(20-15-25-7-3-1-4-8-25)42-34(44)28-16-11-27(12-17-28)23-40-35(45)31-24-41-43(33(31)38)30-9-5-2-6-10-30/h2,5-6,9-14,16-19,24-25,32H,1,3-4,7-8,15,20-23,38H2,(H,39,46)(H,40,45)(H,42,44)/t32-/m0/s1. The fraction of sp³-hybridized carbons (Fsp3) is 0.333. The Morgan fingerprint density at radius 3 is 2.28 bits per heavy atom. The molecule has 1 aliphatic carbocycles. The van der Waals surface area contributed by atoms with Crippen LogP contribution < -0.4 is 21.7 Å². The van der Waals surface area contributed by atoms with Gasteiger partial charge in [-0.25, -0.2) is 4.68 Å². The van der Waals surface area contributed by atoms with Gasteiger partial charge >= 0.3 is 0 Å². The fourth-order valence-electron chi connectivity index (χ4n) is 5.85. The summed E-state index contributed by atoms with van der Waals surface area (Å²) in [6, 6.07) is 23.3. The van der Waals surface area contributed by atoms with Gasteiger partial charge < -0.3 is 21.7 Å². The molecule has 0 bridgehead atoms. The molecule has 1 atom stereocenters. The molecule has 0 unspecified atom stereocenters. The third-order valence-corrected chi connectivity index (χ3v) is 8.81. The molecule has 9 nitrogen and oxygen atoms in total. The van der Waals surface area contributed by atoms with E-state index in [1.807, 2.05) is 54.6 Å². The van der Waals surface area contributed by atoms with E-state index in [4.69, 9.17) is 17.3 Å². The van der Waals surface area contributed by atoms with Gasteiger partial charge in [-0.2, -0.15) is 5.10 Å². The summed E-state index contributed by atoms with van der Waals surface area (Å²) in [5.74, 6) is 0.0187. The van der Waals surface area contributed by atoms with Crippen LogP contribution in [0.5, 0.6) is 0 Å². The summed E-state index contributed by atoms with van der Waals surface area (Å²) in [5.41, 5.74) is 9.59. The molecule has 46 heavy (non-hydrogen) atoms. The molecule has 1 saturated carbocycles. The Labute approximate surface area is 274 Å². The van der Waals surface area contributed by atoms with Gasteiger partial charge in [-0.15, -0.1) is 0 Å². The Balaban J connectivity index is 1.15. The van der Waals surface area contributed by atoms with Gasteiger partial charge in [-0.1, -0.05) is 86.2 Å². The summed E-state index contributed by atoms with van der Waals surface area (Å²) < 4.78 is 1.52. The third-order valence-electron chi connectivity index (χ3n) is 8.56. The maximum Gasteiger partial charge on any atom is 0.256 e. The lowest BCUT2D eigenvalue weighted by Gasteiger charge is -2.24. The average Bonchev–Trinajstić information content (AvgIpc) is 3.48. The molecule has 1 fully saturated rings. The van der Waals surface area contributed by atoms with Crippen LogP contribution in [-0.4, -0.2) is 40.1 Å². The second-order valence-electron chi connectivity index (χ2n) is 11.8. The molecule has 0 spiro atoms. The molecule has 0 aliphatic heterocycles. The Morgan fingerprint density at radius 2 is 1.57 bits per heavy atom. The maximum atomic E-state index is 13.3. The molecular formula is C36H41ClN6O3. The van der Waals surface area contributed by atoms with Gasteiger partial charge in [0.2, 0.25) is 5.91 Å². The minimum absolute atomic E-state index is 0.174. The molecule has 10 heteroatoms. The summed E-state index contributed by atoms with van der Waals surface area (Å²) in [4.78, 5) is 39.3. The summed E-state index contributed by atoms with van der Waals surface area (Å²) >= 11 is 5.99. The number of benzene rings is 3. The topological polar surface area (TPSA) is 131 Å². The number of rotatable bonds is 13. The van der Waals surface area contributed by atoms with E-state index in [-0.39, 0.29) is 35.6 Å². The first-order valence-electron chi connectivity index (χ1n) is 16.0. The normalized spacial score (nSPS) is 13.9. The molecule has 5 rings (SSSR count). The van der Waals surface area contributed by atoms with Gasteiger partial charge in [-0.05, 0) is 72.7 Å². The van der Waals surface area contributed by atoms with Crippen molar-refractivity contribution < 1.29 is 14.4 Å². The highest BCUT2D eigenvalue weighted by molar-refractivity contribution is 6.30. The van der Waals surface area contributed by atoms with Crippen molar-refractivity contribution in [3.8, 4) is 5.69 Å². The Kier molecular flexibility index (Phi) is 11.5. The number of hydrogen-bond donors (Lipinski definition) is 4. The zero-order chi connectivity index (χ0) is 32.3. The molecule has 0 saturated heterocycles. The predicted octanol–water partition coefficient (Wildman–Crippen LogP) is 5.86. The average molecular weight is 641 g/mol. The number of amides is 3. The molecule has 0 radical (unpaired) electrons. The lowest BCUT2D eigenvalue weighted by molar-refractivity contribution is -0.123. The van der Waals surface area contributed by atoms with E-state index in [1.165, 1.54) is 43.0 Å². The van der Waals surface area contributed by atoms with Crippen molar-refractivity contribution in [1.82, 2.24) is 25.7 Å². The van der Waals surface area contributed by atoms with Crippen molar-refractivity contribution in [2.45, 2.75) is 64.0 Å². The molecular weight excluding hydrogens is 600 g/mol. The Morgan fingerprint density at radius 1 is 0.870 bits per heavy atom. The number of nitrogen functional groups attached to an aromatic ring is 1. The summed E-state index contributed by atoms with van der Waals surface area (Å²) in [7, 11) is 0. The second-order valence-corrected chi connectivity index (χ2v) is 12.3.